The Morgan fingerprint density at radius 2 is 2.11 bits per heavy atom. The molecule has 4 heteroatoms. The van der Waals surface area contributed by atoms with Crippen molar-refractivity contribution in [2.75, 3.05) is 27.4 Å². The summed E-state index contributed by atoms with van der Waals surface area (Å²) >= 11 is 0. The van der Waals surface area contributed by atoms with Crippen LogP contribution < -0.4 is 4.74 Å². The van der Waals surface area contributed by atoms with Crippen molar-refractivity contribution in [1.82, 2.24) is 0 Å². The molecule has 104 valence electrons. The summed E-state index contributed by atoms with van der Waals surface area (Å²) in [6.07, 6.45) is 1.55. The molecule has 1 aliphatic rings. The van der Waals surface area contributed by atoms with Gasteiger partial charge in [-0.25, -0.2) is 0 Å². The molecule has 0 aliphatic carbocycles. The number of ether oxygens (including phenoxy) is 3. The molecule has 1 aliphatic heterocycles. The van der Waals surface area contributed by atoms with E-state index in [9.17, 15) is 4.79 Å². The van der Waals surface area contributed by atoms with Crippen LogP contribution in [-0.4, -0.2) is 33.4 Å². The SMILES string of the molecule is CCc1ccc(OC)c(CC2(C(=O)OC)COC2)c1. The molecule has 19 heavy (non-hydrogen) atoms. The first-order chi connectivity index (χ1) is 9.15. The van der Waals surface area contributed by atoms with E-state index in [-0.39, 0.29) is 5.97 Å². The highest BCUT2D eigenvalue weighted by Gasteiger charge is 2.47. The molecule has 0 amide bonds. The van der Waals surface area contributed by atoms with Crippen molar-refractivity contribution in [3.8, 4) is 5.75 Å². The number of hydrogen-bond donors (Lipinski definition) is 0. The summed E-state index contributed by atoms with van der Waals surface area (Å²) in [7, 11) is 3.06. The van der Waals surface area contributed by atoms with Crippen molar-refractivity contribution in [1.29, 1.82) is 0 Å². The van der Waals surface area contributed by atoms with Crippen molar-refractivity contribution in [3.63, 3.8) is 0 Å². The van der Waals surface area contributed by atoms with Crippen LogP contribution in [0.5, 0.6) is 5.75 Å². The van der Waals surface area contributed by atoms with Crippen LogP contribution in [0.1, 0.15) is 18.1 Å². The number of rotatable bonds is 5. The number of hydrogen-bond acceptors (Lipinski definition) is 4. The van der Waals surface area contributed by atoms with Crippen molar-refractivity contribution in [2.45, 2.75) is 19.8 Å². The van der Waals surface area contributed by atoms with Gasteiger partial charge < -0.3 is 14.2 Å². The lowest BCUT2D eigenvalue weighted by molar-refractivity contribution is -0.182. The number of esters is 1. The Balaban J connectivity index is 2.28. The fourth-order valence-corrected chi connectivity index (χ4v) is 2.41. The van der Waals surface area contributed by atoms with E-state index < -0.39 is 5.41 Å². The van der Waals surface area contributed by atoms with Crippen molar-refractivity contribution in [2.24, 2.45) is 5.41 Å². The van der Waals surface area contributed by atoms with Gasteiger partial charge in [0, 0.05) is 0 Å². The molecule has 0 aromatic heterocycles. The highest BCUT2D eigenvalue weighted by Crippen LogP contribution is 2.36. The minimum Gasteiger partial charge on any atom is -0.496 e. The molecular formula is C15H20O4. The Morgan fingerprint density at radius 3 is 2.58 bits per heavy atom. The lowest BCUT2D eigenvalue weighted by Crippen LogP contribution is -2.51. The second-order valence-corrected chi connectivity index (χ2v) is 4.94. The topological polar surface area (TPSA) is 44.8 Å². The third kappa shape index (κ3) is 2.59. The molecule has 0 saturated carbocycles. The predicted molar refractivity (Wildman–Crippen MR) is 71.3 cm³/mol. The molecule has 0 spiro atoms. The molecular weight excluding hydrogens is 244 g/mol. The Hall–Kier alpha value is -1.55. The molecule has 4 nitrogen and oxygen atoms in total. The van der Waals surface area contributed by atoms with E-state index in [0.29, 0.717) is 19.6 Å². The van der Waals surface area contributed by atoms with E-state index in [1.54, 1.807) is 7.11 Å². The van der Waals surface area contributed by atoms with Crippen LogP contribution in [0.25, 0.3) is 0 Å². The summed E-state index contributed by atoms with van der Waals surface area (Å²) < 4.78 is 15.5. The quantitative estimate of drug-likeness (QED) is 0.763. The normalized spacial score (nSPS) is 16.6. The highest BCUT2D eigenvalue weighted by atomic mass is 16.5. The van der Waals surface area contributed by atoms with E-state index in [2.05, 4.69) is 13.0 Å². The van der Waals surface area contributed by atoms with Crippen LogP contribution in [0.2, 0.25) is 0 Å². The van der Waals surface area contributed by atoms with Gasteiger partial charge in [0.05, 0.1) is 27.4 Å². The van der Waals surface area contributed by atoms with Gasteiger partial charge in [-0.2, -0.15) is 0 Å². The lowest BCUT2D eigenvalue weighted by Gasteiger charge is -2.38. The van der Waals surface area contributed by atoms with Gasteiger partial charge in [-0.05, 0) is 30.0 Å². The van der Waals surface area contributed by atoms with E-state index in [1.165, 1.54) is 12.7 Å². The first kappa shape index (κ1) is 13.9. The molecule has 1 aromatic rings. The number of carbonyl (C=O) groups is 1. The van der Waals surface area contributed by atoms with Crippen LogP contribution in [0, 0.1) is 5.41 Å². The van der Waals surface area contributed by atoms with Crippen molar-refractivity contribution >= 4 is 5.97 Å². The molecule has 1 heterocycles. The zero-order chi connectivity index (χ0) is 13.9. The average Bonchev–Trinajstić information content (AvgIpc) is 2.41. The third-order valence-electron chi connectivity index (χ3n) is 3.66. The Labute approximate surface area is 113 Å². The molecule has 0 radical (unpaired) electrons. The van der Waals surface area contributed by atoms with Gasteiger partial charge in [0.25, 0.3) is 0 Å². The largest absolute Gasteiger partial charge is 0.496 e. The molecule has 0 unspecified atom stereocenters. The molecule has 1 aromatic carbocycles. The number of methoxy groups -OCH3 is 2. The Kier molecular flexibility index (Phi) is 4.10. The lowest BCUT2D eigenvalue weighted by atomic mass is 9.79. The second-order valence-electron chi connectivity index (χ2n) is 4.94. The smallest absolute Gasteiger partial charge is 0.316 e. The van der Waals surface area contributed by atoms with E-state index in [1.807, 2.05) is 12.1 Å². The van der Waals surface area contributed by atoms with E-state index in [0.717, 1.165) is 17.7 Å². The second kappa shape index (κ2) is 5.61. The summed E-state index contributed by atoms with van der Waals surface area (Å²) in [6, 6.07) is 6.10. The van der Waals surface area contributed by atoms with Crippen LogP contribution in [0.15, 0.2) is 18.2 Å². The fourth-order valence-electron chi connectivity index (χ4n) is 2.41. The van der Waals surface area contributed by atoms with Crippen molar-refractivity contribution in [3.05, 3.63) is 29.3 Å². The molecule has 0 atom stereocenters. The maximum absolute atomic E-state index is 11.9. The standard InChI is InChI=1S/C15H20O4/c1-4-11-5-6-13(17-2)12(7-11)8-15(9-19-10-15)14(16)18-3/h5-7H,4,8-10H2,1-3H3. The number of carbonyl (C=O) groups excluding carboxylic acids is 1. The zero-order valence-electron chi connectivity index (χ0n) is 11.7. The number of benzene rings is 1. The fraction of sp³-hybridized carbons (Fsp3) is 0.533. The molecule has 1 saturated heterocycles. The van der Waals surface area contributed by atoms with Gasteiger partial charge in [-0.3, -0.25) is 4.79 Å². The Morgan fingerprint density at radius 1 is 1.37 bits per heavy atom. The summed E-state index contributed by atoms with van der Waals surface area (Å²) in [5.74, 6) is 0.607. The van der Waals surface area contributed by atoms with Crippen LogP contribution in [0.4, 0.5) is 0 Å². The summed E-state index contributed by atoms with van der Waals surface area (Å²) in [6.45, 7) is 2.94. The minimum absolute atomic E-state index is 0.206. The van der Waals surface area contributed by atoms with Gasteiger partial charge in [-0.1, -0.05) is 19.1 Å². The van der Waals surface area contributed by atoms with Gasteiger partial charge in [0.2, 0.25) is 0 Å². The van der Waals surface area contributed by atoms with Gasteiger partial charge in [0.15, 0.2) is 0 Å². The predicted octanol–water partition coefficient (Wildman–Crippen LogP) is 1.99. The highest BCUT2D eigenvalue weighted by molar-refractivity contribution is 5.78. The molecule has 0 N–H and O–H groups in total. The molecule has 1 fully saturated rings. The first-order valence-corrected chi connectivity index (χ1v) is 6.47. The van der Waals surface area contributed by atoms with Gasteiger partial charge >= 0.3 is 5.97 Å². The van der Waals surface area contributed by atoms with Crippen LogP contribution in [0.3, 0.4) is 0 Å². The van der Waals surface area contributed by atoms with E-state index in [4.69, 9.17) is 14.2 Å². The van der Waals surface area contributed by atoms with Gasteiger partial charge in [0.1, 0.15) is 11.2 Å². The third-order valence-corrected chi connectivity index (χ3v) is 3.66. The van der Waals surface area contributed by atoms with Crippen molar-refractivity contribution < 1.29 is 19.0 Å². The van der Waals surface area contributed by atoms with E-state index >= 15 is 0 Å². The van der Waals surface area contributed by atoms with Gasteiger partial charge in [-0.15, -0.1) is 0 Å². The summed E-state index contributed by atoms with van der Waals surface area (Å²) in [4.78, 5) is 11.9. The summed E-state index contributed by atoms with van der Waals surface area (Å²) in [5, 5.41) is 0. The molecule has 0 bridgehead atoms. The summed E-state index contributed by atoms with van der Waals surface area (Å²) in [5.41, 5.74) is 1.72. The van der Waals surface area contributed by atoms with Crippen LogP contribution >= 0.6 is 0 Å². The first-order valence-electron chi connectivity index (χ1n) is 6.47. The molecule has 2 rings (SSSR count). The maximum Gasteiger partial charge on any atom is 0.316 e. The Bertz CT molecular complexity index is 463. The number of aryl methyl sites for hydroxylation is 1. The minimum atomic E-state index is -0.547. The monoisotopic (exact) mass is 264 g/mol. The van der Waals surface area contributed by atoms with Crippen LogP contribution in [-0.2, 0) is 27.1 Å². The zero-order valence-corrected chi connectivity index (χ0v) is 11.7. The average molecular weight is 264 g/mol. The maximum atomic E-state index is 11.9.